The number of rotatable bonds is 2. The second kappa shape index (κ2) is 4.35. The van der Waals surface area contributed by atoms with E-state index in [1.165, 1.54) is 9.93 Å². The number of hydrogen-bond donors (Lipinski definition) is 0. The van der Waals surface area contributed by atoms with Crippen molar-refractivity contribution in [1.82, 2.24) is 0 Å². The normalized spacial score (nSPS) is 9.44. The molecule has 0 aliphatic carbocycles. The Morgan fingerprint density at radius 1 is 1.22 bits per heavy atom. The van der Waals surface area contributed by atoms with Gasteiger partial charge >= 0.3 is 72.2 Å². The second-order valence-corrected chi connectivity index (χ2v) is 6.71. The minimum atomic E-state index is -0.0537. The Labute approximate surface area is 71.9 Å². The van der Waals surface area contributed by atoms with E-state index in [0.717, 1.165) is 0 Å². The average molecular weight is 293 g/mol. The van der Waals surface area contributed by atoms with Gasteiger partial charge in [0.2, 0.25) is 0 Å². The summed E-state index contributed by atoms with van der Waals surface area (Å²) in [5, 5.41) is 0. The van der Waals surface area contributed by atoms with E-state index in [4.69, 9.17) is 0 Å². The topological polar surface area (TPSA) is 0 Å². The number of halogens is 1. The van der Waals surface area contributed by atoms with Crippen LogP contribution in [-0.2, 0) is 4.37 Å². The predicted molar refractivity (Wildman–Crippen MR) is 44.8 cm³/mol. The summed E-state index contributed by atoms with van der Waals surface area (Å²) in [7, 11) is 0. The van der Waals surface area contributed by atoms with Crippen molar-refractivity contribution in [1.29, 1.82) is 0 Å². The maximum absolute atomic E-state index is 3.54. The van der Waals surface area contributed by atoms with E-state index in [-0.39, 0.29) is 19.4 Å². The fourth-order valence-corrected chi connectivity index (χ4v) is 3.59. The molecule has 0 unspecified atom stereocenters. The second-order valence-electron chi connectivity index (χ2n) is 1.76. The third kappa shape index (κ3) is 2.73. The summed E-state index contributed by atoms with van der Waals surface area (Å²) in [6.45, 7) is 0. The first-order valence-corrected chi connectivity index (χ1v) is 10.3. The molecule has 0 fully saturated rings. The van der Waals surface area contributed by atoms with Gasteiger partial charge in [-0.15, -0.1) is 0 Å². The Morgan fingerprint density at radius 3 is 2.44 bits per heavy atom. The zero-order chi connectivity index (χ0) is 6.53. The monoisotopic (exact) mass is 291 g/mol. The third-order valence-corrected chi connectivity index (χ3v) is 4.15. The average Bonchev–Trinajstić information content (AvgIpc) is 1.91. The van der Waals surface area contributed by atoms with Crippen LogP contribution in [0.2, 0.25) is 0 Å². The number of hydrogen-bond acceptors (Lipinski definition) is 0. The molecule has 0 saturated heterocycles. The quantitative estimate of drug-likeness (QED) is 0.733. The summed E-state index contributed by atoms with van der Waals surface area (Å²) in [5.74, 6) is 0. The first-order valence-electron chi connectivity index (χ1n) is 2.75. The van der Waals surface area contributed by atoms with Crippen LogP contribution in [0, 0.1) is 0 Å². The molecule has 0 aromatic heterocycles. The van der Waals surface area contributed by atoms with E-state index in [0.29, 0.717) is 0 Å². The van der Waals surface area contributed by atoms with Crippen LogP contribution < -0.4 is 0 Å². The Morgan fingerprint density at radius 2 is 1.89 bits per heavy atom. The molecule has 1 aromatic rings. The molecule has 2 heteroatoms. The summed E-state index contributed by atoms with van der Waals surface area (Å²) < 4.78 is 1.28. The van der Waals surface area contributed by atoms with Crippen molar-refractivity contribution in [3.8, 4) is 0 Å². The molecule has 47 valence electrons. The molecule has 1 radical (unpaired) electrons. The van der Waals surface area contributed by atoms with Gasteiger partial charge in [-0.25, -0.2) is 0 Å². The van der Waals surface area contributed by atoms with E-state index >= 15 is 0 Å². The molecule has 1 rings (SSSR count). The van der Waals surface area contributed by atoms with Crippen molar-refractivity contribution in [2.75, 3.05) is 0 Å². The van der Waals surface area contributed by atoms with Crippen molar-refractivity contribution >= 4 is 32.0 Å². The van der Waals surface area contributed by atoms with Crippen LogP contribution in [0.3, 0.4) is 0 Å². The standard InChI is InChI=1S/C7H7.BrH.Sb/c1-7-5-3-2-4-6-7;;/h2-6H,1H2;1H;/q;;+1/p-1. The van der Waals surface area contributed by atoms with E-state index in [1.807, 2.05) is 0 Å². The van der Waals surface area contributed by atoms with E-state index < -0.39 is 0 Å². The van der Waals surface area contributed by atoms with Gasteiger partial charge in [0.25, 0.3) is 0 Å². The zero-order valence-electron chi connectivity index (χ0n) is 4.92. The summed E-state index contributed by atoms with van der Waals surface area (Å²) in [6, 6.07) is 10.6. The Bertz CT molecular complexity index is 162. The zero-order valence-corrected chi connectivity index (χ0v) is 9.06. The fourth-order valence-electron chi connectivity index (χ4n) is 0.652. The van der Waals surface area contributed by atoms with Crippen molar-refractivity contribution in [3.63, 3.8) is 0 Å². The van der Waals surface area contributed by atoms with Crippen LogP contribution >= 0.6 is 12.6 Å². The van der Waals surface area contributed by atoms with Crippen LogP contribution in [0.25, 0.3) is 0 Å². The summed E-state index contributed by atoms with van der Waals surface area (Å²) in [4.78, 5) is 0. The van der Waals surface area contributed by atoms with Gasteiger partial charge in [-0.2, -0.15) is 0 Å². The molecule has 0 saturated carbocycles. The van der Waals surface area contributed by atoms with Gasteiger partial charge in [0, 0.05) is 0 Å². The summed E-state index contributed by atoms with van der Waals surface area (Å²) >= 11 is 3.48. The van der Waals surface area contributed by atoms with Gasteiger partial charge in [0.1, 0.15) is 0 Å². The van der Waals surface area contributed by atoms with Gasteiger partial charge in [-0.1, -0.05) is 0 Å². The molecule has 9 heavy (non-hydrogen) atoms. The van der Waals surface area contributed by atoms with Crippen molar-refractivity contribution in [2.45, 2.75) is 4.37 Å². The first kappa shape index (κ1) is 7.62. The van der Waals surface area contributed by atoms with Crippen LogP contribution in [-0.4, -0.2) is 19.4 Å². The molecule has 0 bridgehead atoms. The molecule has 0 N–H and O–H groups in total. The Hall–Kier alpha value is 0.518. The third-order valence-electron chi connectivity index (χ3n) is 1.09. The van der Waals surface area contributed by atoms with E-state index in [9.17, 15) is 0 Å². The summed E-state index contributed by atoms with van der Waals surface area (Å²) in [6.07, 6.45) is 0. The number of benzene rings is 1. The molecule has 1 aromatic carbocycles. The molecular formula is C7H7BrSb. The Kier molecular flexibility index (Phi) is 3.69. The predicted octanol–water partition coefficient (Wildman–Crippen LogP) is 2.20. The van der Waals surface area contributed by atoms with Crippen molar-refractivity contribution in [3.05, 3.63) is 35.9 Å². The fraction of sp³-hybridized carbons (Fsp3) is 0.143. The molecule has 0 amide bonds. The van der Waals surface area contributed by atoms with E-state index in [2.05, 4.69) is 42.9 Å². The first-order chi connectivity index (χ1) is 4.43. The maximum atomic E-state index is 3.54. The SMILES string of the molecule is [Br][Sb][CH2]c1ccccc1. The molecule has 0 atom stereocenters. The minimum absolute atomic E-state index is 0.0537. The van der Waals surface area contributed by atoms with Crippen LogP contribution in [0.1, 0.15) is 5.56 Å². The van der Waals surface area contributed by atoms with Gasteiger partial charge in [-0.3, -0.25) is 0 Å². The van der Waals surface area contributed by atoms with Gasteiger partial charge in [-0.05, 0) is 0 Å². The molecule has 0 heterocycles. The van der Waals surface area contributed by atoms with Crippen molar-refractivity contribution in [2.24, 2.45) is 0 Å². The van der Waals surface area contributed by atoms with Crippen molar-refractivity contribution < 1.29 is 0 Å². The molecule has 0 nitrogen and oxygen atoms in total. The van der Waals surface area contributed by atoms with Gasteiger partial charge < -0.3 is 0 Å². The van der Waals surface area contributed by atoms with Gasteiger partial charge in [0.15, 0.2) is 0 Å². The molecular weight excluding hydrogens is 286 g/mol. The van der Waals surface area contributed by atoms with Crippen LogP contribution in [0.15, 0.2) is 30.3 Å². The summed E-state index contributed by atoms with van der Waals surface area (Å²) in [5.41, 5.74) is 1.46. The molecule has 0 spiro atoms. The molecule has 0 aliphatic rings. The van der Waals surface area contributed by atoms with Gasteiger partial charge in [0.05, 0.1) is 0 Å². The molecule has 0 aliphatic heterocycles. The van der Waals surface area contributed by atoms with Crippen LogP contribution in [0.4, 0.5) is 0 Å². The van der Waals surface area contributed by atoms with Crippen LogP contribution in [0.5, 0.6) is 0 Å². The Balaban J connectivity index is 2.61. The van der Waals surface area contributed by atoms with E-state index in [1.54, 1.807) is 0 Å².